The summed E-state index contributed by atoms with van der Waals surface area (Å²) in [5.41, 5.74) is 0.969. The maximum absolute atomic E-state index is 12.6. The van der Waals surface area contributed by atoms with Crippen LogP contribution in [0.2, 0.25) is 0 Å². The zero-order valence-corrected chi connectivity index (χ0v) is 10.2. The Morgan fingerprint density at radius 3 is 2.42 bits per heavy atom. The molecule has 0 aliphatic heterocycles. The molecule has 3 N–H and O–H groups in total. The molecule has 0 saturated carbocycles. The van der Waals surface area contributed by atoms with Crippen LogP contribution in [-0.4, -0.2) is 15.0 Å². The molecule has 0 spiro atoms. The number of hydrogen-bond donors (Lipinski definition) is 2. The summed E-state index contributed by atoms with van der Waals surface area (Å²) in [6.45, 7) is 0. The monoisotopic (exact) mass is 287 g/mol. The minimum atomic E-state index is -4.55. The zero-order valence-electron chi connectivity index (χ0n) is 9.35. The van der Waals surface area contributed by atoms with Crippen LogP contribution in [0.1, 0.15) is 5.69 Å². The second-order valence-electron chi connectivity index (χ2n) is 3.34. The van der Waals surface area contributed by atoms with Crippen molar-refractivity contribution in [2.24, 2.45) is 5.84 Å². The van der Waals surface area contributed by atoms with Crippen molar-refractivity contribution < 1.29 is 13.2 Å². The van der Waals surface area contributed by atoms with Crippen molar-refractivity contribution >= 4 is 17.7 Å². The average Bonchev–Trinajstić information content (AvgIpc) is 2.38. The predicted molar refractivity (Wildman–Crippen MR) is 63.2 cm³/mol. The van der Waals surface area contributed by atoms with Gasteiger partial charge in [-0.2, -0.15) is 13.2 Å². The van der Waals surface area contributed by atoms with E-state index >= 15 is 0 Å². The van der Waals surface area contributed by atoms with Crippen LogP contribution in [0.25, 0.3) is 0 Å². The molecule has 0 amide bonds. The van der Waals surface area contributed by atoms with Crippen molar-refractivity contribution in [3.8, 4) is 0 Å². The first-order valence-electron chi connectivity index (χ1n) is 5.00. The molecule has 19 heavy (non-hydrogen) atoms. The van der Waals surface area contributed by atoms with Crippen LogP contribution in [0.4, 0.5) is 19.1 Å². The quantitative estimate of drug-likeness (QED) is 0.512. The van der Waals surface area contributed by atoms with Crippen LogP contribution in [0.15, 0.2) is 40.5 Å². The summed E-state index contributed by atoms with van der Waals surface area (Å²) in [4.78, 5) is 11.7. The van der Waals surface area contributed by atoms with Gasteiger partial charge in [-0.25, -0.2) is 15.8 Å². The number of pyridine rings is 1. The molecular formula is C10H8F3N5S. The van der Waals surface area contributed by atoms with E-state index in [2.05, 4.69) is 15.0 Å². The Morgan fingerprint density at radius 1 is 1.16 bits per heavy atom. The fourth-order valence-corrected chi connectivity index (χ4v) is 2.02. The maximum atomic E-state index is 12.6. The molecule has 0 aliphatic carbocycles. The van der Waals surface area contributed by atoms with E-state index in [0.717, 1.165) is 17.8 Å². The molecule has 0 atom stereocenters. The first-order chi connectivity index (χ1) is 8.99. The number of nitrogens with zero attached hydrogens (tertiary/aromatic N) is 3. The second-order valence-corrected chi connectivity index (χ2v) is 4.44. The summed E-state index contributed by atoms with van der Waals surface area (Å²) in [5.74, 6) is 4.78. The van der Waals surface area contributed by atoms with Gasteiger partial charge < -0.3 is 0 Å². The highest BCUT2D eigenvalue weighted by molar-refractivity contribution is 7.99. The number of aromatic nitrogens is 3. The lowest BCUT2D eigenvalue weighted by atomic mass is 10.4. The molecule has 9 heteroatoms. The van der Waals surface area contributed by atoms with Gasteiger partial charge >= 0.3 is 6.18 Å². The van der Waals surface area contributed by atoms with E-state index in [-0.39, 0.29) is 11.0 Å². The summed E-state index contributed by atoms with van der Waals surface area (Å²) in [6.07, 6.45) is -1.48. The maximum Gasteiger partial charge on any atom is 0.433 e. The summed E-state index contributed by atoms with van der Waals surface area (Å²) in [5, 5.41) is 0.140. The summed E-state index contributed by atoms with van der Waals surface area (Å²) >= 11 is 1.06. The highest BCUT2D eigenvalue weighted by atomic mass is 32.2. The lowest BCUT2D eigenvalue weighted by molar-refractivity contribution is -0.141. The fourth-order valence-electron chi connectivity index (χ4n) is 1.21. The van der Waals surface area contributed by atoms with Crippen LogP contribution in [0.3, 0.4) is 0 Å². The third-order valence-corrected chi connectivity index (χ3v) is 2.92. The number of rotatable bonds is 3. The Bertz CT molecular complexity index is 561. The Morgan fingerprint density at radius 2 is 1.84 bits per heavy atom. The SMILES string of the molecule is NNc1nc(Sc2ccncc2)cc(C(F)(F)F)n1. The topological polar surface area (TPSA) is 76.7 Å². The van der Waals surface area contributed by atoms with E-state index < -0.39 is 11.9 Å². The number of hydrazine groups is 1. The normalized spacial score (nSPS) is 11.4. The molecule has 0 fully saturated rings. The average molecular weight is 287 g/mol. The molecule has 5 nitrogen and oxygen atoms in total. The molecule has 0 aliphatic rings. The third-order valence-electron chi connectivity index (χ3n) is 1.99. The third kappa shape index (κ3) is 3.55. The van der Waals surface area contributed by atoms with Crippen LogP contribution in [-0.2, 0) is 6.18 Å². The number of alkyl halides is 3. The minimum absolute atomic E-state index is 0.140. The molecule has 0 unspecified atom stereocenters. The summed E-state index contributed by atoms with van der Waals surface area (Å²) in [6, 6.07) is 4.19. The highest BCUT2D eigenvalue weighted by Gasteiger charge is 2.33. The van der Waals surface area contributed by atoms with Gasteiger partial charge in [0, 0.05) is 23.4 Å². The van der Waals surface area contributed by atoms with Gasteiger partial charge in [-0.05, 0) is 12.1 Å². The predicted octanol–water partition coefficient (Wildman–Crippen LogP) is 2.33. The van der Waals surface area contributed by atoms with E-state index in [4.69, 9.17) is 5.84 Å². The molecule has 2 aromatic rings. The molecular weight excluding hydrogens is 279 g/mol. The van der Waals surface area contributed by atoms with Gasteiger partial charge in [0.15, 0.2) is 5.69 Å². The smallest absolute Gasteiger partial charge is 0.292 e. The molecule has 0 bridgehead atoms. The number of hydrogen-bond acceptors (Lipinski definition) is 6. The highest BCUT2D eigenvalue weighted by Crippen LogP contribution is 2.32. The van der Waals surface area contributed by atoms with E-state index in [9.17, 15) is 13.2 Å². The molecule has 0 saturated heterocycles. The van der Waals surface area contributed by atoms with Crippen LogP contribution in [0, 0.1) is 0 Å². The Labute approximate surface area is 110 Å². The van der Waals surface area contributed by atoms with Gasteiger partial charge in [-0.15, -0.1) is 0 Å². The minimum Gasteiger partial charge on any atom is -0.292 e. The summed E-state index contributed by atoms with van der Waals surface area (Å²) < 4.78 is 37.9. The van der Waals surface area contributed by atoms with E-state index in [1.54, 1.807) is 12.1 Å². The van der Waals surface area contributed by atoms with E-state index in [1.807, 2.05) is 5.43 Å². The van der Waals surface area contributed by atoms with Crippen molar-refractivity contribution in [1.82, 2.24) is 15.0 Å². The number of nitrogen functional groups attached to an aromatic ring is 1. The van der Waals surface area contributed by atoms with Gasteiger partial charge in [0.25, 0.3) is 0 Å². The van der Waals surface area contributed by atoms with Crippen LogP contribution in [0.5, 0.6) is 0 Å². The standard InChI is InChI=1S/C10H8F3N5S/c11-10(12,13)7-5-8(17-9(16-7)18-14)19-6-1-3-15-4-2-6/h1-5H,14H2,(H,16,17,18). The van der Waals surface area contributed by atoms with Crippen molar-refractivity contribution in [2.75, 3.05) is 5.43 Å². The molecule has 0 aromatic carbocycles. The van der Waals surface area contributed by atoms with Crippen molar-refractivity contribution in [2.45, 2.75) is 16.1 Å². The molecule has 2 aromatic heterocycles. The Hall–Kier alpha value is -1.87. The number of halogens is 3. The zero-order chi connectivity index (χ0) is 13.9. The second kappa shape index (κ2) is 5.41. The van der Waals surface area contributed by atoms with E-state index in [1.165, 1.54) is 12.4 Å². The number of nitrogens with one attached hydrogen (secondary N) is 1. The molecule has 2 heterocycles. The van der Waals surface area contributed by atoms with Gasteiger partial charge in [0.2, 0.25) is 5.95 Å². The molecule has 2 rings (SSSR count). The van der Waals surface area contributed by atoms with Crippen molar-refractivity contribution in [1.29, 1.82) is 0 Å². The van der Waals surface area contributed by atoms with E-state index in [0.29, 0.717) is 4.90 Å². The van der Waals surface area contributed by atoms with Crippen molar-refractivity contribution in [3.63, 3.8) is 0 Å². The summed E-state index contributed by atoms with van der Waals surface area (Å²) in [7, 11) is 0. The fraction of sp³-hybridized carbons (Fsp3) is 0.100. The Kier molecular flexibility index (Phi) is 3.86. The number of nitrogens with two attached hydrogens (primary N) is 1. The first kappa shape index (κ1) is 13.6. The van der Waals surface area contributed by atoms with Crippen LogP contribution < -0.4 is 11.3 Å². The van der Waals surface area contributed by atoms with Crippen molar-refractivity contribution in [3.05, 3.63) is 36.3 Å². The Balaban J connectivity index is 2.35. The van der Waals surface area contributed by atoms with Crippen LogP contribution >= 0.6 is 11.8 Å². The lowest BCUT2D eigenvalue weighted by Crippen LogP contribution is -2.15. The number of anilines is 1. The molecule has 100 valence electrons. The van der Waals surface area contributed by atoms with Gasteiger partial charge in [0.05, 0.1) is 0 Å². The van der Waals surface area contributed by atoms with Gasteiger partial charge in [0.1, 0.15) is 5.03 Å². The lowest BCUT2D eigenvalue weighted by Gasteiger charge is -2.09. The van der Waals surface area contributed by atoms with Gasteiger partial charge in [-0.3, -0.25) is 10.4 Å². The van der Waals surface area contributed by atoms with Gasteiger partial charge in [-0.1, -0.05) is 11.8 Å². The largest absolute Gasteiger partial charge is 0.433 e. The molecule has 0 radical (unpaired) electrons. The first-order valence-corrected chi connectivity index (χ1v) is 5.81.